The highest BCUT2D eigenvalue weighted by atomic mass is 15.3. The molecule has 0 amide bonds. The number of rotatable bonds is 6. The molecule has 112 valence electrons. The summed E-state index contributed by atoms with van der Waals surface area (Å²) in [5, 5.41) is 10.8. The lowest BCUT2D eigenvalue weighted by molar-refractivity contribution is 0.686. The summed E-state index contributed by atoms with van der Waals surface area (Å²) in [6.45, 7) is 7.26. The van der Waals surface area contributed by atoms with Gasteiger partial charge in [-0.2, -0.15) is 5.10 Å². The third-order valence-corrected chi connectivity index (χ3v) is 2.98. The zero-order valence-electron chi connectivity index (χ0n) is 12.7. The van der Waals surface area contributed by atoms with Gasteiger partial charge < -0.3 is 10.6 Å². The van der Waals surface area contributed by atoms with E-state index in [0.717, 1.165) is 31.2 Å². The van der Waals surface area contributed by atoms with Crippen LogP contribution in [0.3, 0.4) is 0 Å². The Morgan fingerprint density at radius 2 is 1.81 bits per heavy atom. The van der Waals surface area contributed by atoms with Gasteiger partial charge in [0.2, 0.25) is 0 Å². The lowest BCUT2D eigenvalue weighted by Crippen LogP contribution is -2.36. The highest BCUT2D eigenvalue weighted by Gasteiger charge is 2.00. The minimum absolute atomic E-state index is 0.629. The average molecular weight is 285 g/mol. The summed E-state index contributed by atoms with van der Waals surface area (Å²) in [4.78, 5) is 4.53. The monoisotopic (exact) mass is 285 g/mol. The number of guanidine groups is 1. The van der Waals surface area contributed by atoms with E-state index in [-0.39, 0.29) is 0 Å². The van der Waals surface area contributed by atoms with Crippen molar-refractivity contribution < 1.29 is 0 Å². The van der Waals surface area contributed by atoms with Gasteiger partial charge in [0.05, 0.1) is 19.3 Å². The number of hydrogen-bond donors (Lipinski definition) is 2. The van der Waals surface area contributed by atoms with Gasteiger partial charge in [-0.15, -0.1) is 0 Å². The Bertz CT molecular complexity index is 551. The molecule has 0 unspecified atom stereocenters. The van der Waals surface area contributed by atoms with Crippen LogP contribution in [0.1, 0.15) is 25.0 Å². The lowest BCUT2D eigenvalue weighted by atomic mass is 10.2. The van der Waals surface area contributed by atoms with Crippen LogP contribution in [0, 0.1) is 0 Å². The van der Waals surface area contributed by atoms with Crippen molar-refractivity contribution in [2.75, 3.05) is 13.1 Å². The Hall–Kier alpha value is -2.30. The van der Waals surface area contributed by atoms with Gasteiger partial charge >= 0.3 is 0 Å². The predicted octanol–water partition coefficient (Wildman–Crippen LogP) is 2.01. The van der Waals surface area contributed by atoms with Crippen LogP contribution in [-0.4, -0.2) is 28.8 Å². The molecule has 0 atom stereocenters. The first-order valence-electron chi connectivity index (χ1n) is 7.39. The fourth-order valence-electron chi connectivity index (χ4n) is 2.02. The molecular weight excluding hydrogens is 262 g/mol. The number of hydrogen-bond acceptors (Lipinski definition) is 2. The van der Waals surface area contributed by atoms with E-state index in [2.05, 4.69) is 46.7 Å². The lowest BCUT2D eigenvalue weighted by Gasteiger charge is -2.08. The van der Waals surface area contributed by atoms with E-state index in [1.54, 1.807) is 0 Å². The van der Waals surface area contributed by atoms with Gasteiger partial charge in [-0.3, -0.25) is 4.68 Å². The second-order valence-corrected chi connectivity index (χ2v) is 4.76. The molecule has 0 aliphatic rings. The van der Waals surface area contributed by atoms with Crippen LogP contribution in [0.15, 0.2) is 47.7 Å². The minimum Gasteiger partial charge on any atom is -0.357 e. The van der Waals surface area contributed by atoms with Gasteiger partial charge in [-0.25, -0.2) is 4.99 Å². The van der Waals surface area contributed by atoms with Crippen molar-refractivity contribution >= 4 is 5.96 Å². The molecule has 5 nitrogen and oxygen atoms in total. The van der Waals surface area contributed by atoms with Crippen molar-refractivity contribution in [1.82, 2.24) is 20.4 Å². The highest BCUT2D eigenvalue weighted by molar-refractivity contribution is 5.79. The van der Waals surface area contributed by atoms with Gasteiger partial charge in [0.15, 0.2) is 5.96 Å². The third kappa shape index (κ3) is 4.95. The fourth-order valence-corrected chi connectivity index (χ4v) is 2.02. The van der Waals surface area contributed by atoms with Crippen LogP contribution >= 0.6 is 0 Å². The number of nitrogens with one attached hydrogen (secondary N) is 2. The summed E-state index contributed by atoms with van der Waals surface area (Å²) in [5.41, 5.74) is 2.36. The van der Waals surface area contributed by atoms with Crippen molar-refractivity contribution in [2.24, 2.45) is 4.99 Å². The number of benzene rings is 1. The first-order valence-corrected chi connectivity index (χ1v) is 7.39. The predicted molar refractivity (Wildman–Crippen MR) is 86.3 cm³/mol. The molecule has 21 heavy (non-hydrogen) atoms. The summed E-state index contributed by atoms with van der Waals surface area (Å²) in [6.07, 6.45) is 3.92. The Morgan fingerprint density at radius 1 is 1.10 bits per heavy atom. The SMILES string of the molecule is CCNC(=NCc1cnn(Cc2ccccc2)c1)NCC. The number of aliphatic imine (C=N–C) groups is 1. The summed E-state index contributed by atoms with van der Waals surface area (Å²) in [5.74, 6) is 0.843. The quantitative estimate of drug-likeness (QED) is 0.630. The maximum absolute atomic E-state index is 4.53. The van der Waals surface area contributed by atoms with Crippen LogP contribution in [0.5, 0.6) is 0 Å². The van der Waals surface area contributed by atoms with Gasteiger partial charge in [-0.1, -0.05) is 30.3 Å². The second kappa shape index (κ2) is 8.09. The molecule has 2 aromatic rings. The number of aromatic nitrogens is 2. The molecular formula is C16H23N5. The van der Waals surface area contributed by atoms with E-state index in [4.69, 9.17) is 0 Å². The Balaban J connectivity index is 1.95. The minimum atomic E-state index is 0.629. The second-order valence-electron chi connectivity index (χ2n) is 4.76. The molecule has 0 aliphatic carbocycles. The first kappa shape index (κ1) is 15.1. The van der Waals surface area contributed by atoms with Gasteiger partial charge in [0.1, 0.15) is 0 Å². The van der Waals surface area contributed by atoms with E-state index in [0.29, 0.717) is 6.54 Å². The maximum Gasteiger partial charge on any atom is 0.191 e. The number of nitrogens with zero attached hydrogens (tertiary/aromatic N) is 3. The van der Waals surface area contributed by atoms with E-state index in [1.165, 1.54) is 5.56 Å². The van der Waals surface area contributed by atoms with E-state index in [9.17, 15) is 0 Å². The third-order valence-electron chi connectivity index (χ3n) is 2.98. The van der Waals surface area contributed by atoms with Gasteiger partial charge in [0.25, 0.3) is 0 Å². The molecule has 0 saturated heterocycles. The molecule has 0 bridgehead atoms. The Morgan fingerprint density at radius 3 is 2.48 bits per heavy atom. The van der Waals surface area contributed by atoms with Crippen molar-refractivity contribution in [3.63, 3.8) is 0 Å². The van der Waals surface area contributed by atoms with Gasteiger partial charge in [-0.05, 0) is 19.4 Å². The highest BCUT2D eigenvalue weighted by Crippen LogP contribution is 2.04. The van der Waals surface area contributed by atoms with Gasteiger partial charge in [0, 0.05) is 24.8 Å². The smallest absolute Gasteiger partial charge is 0.191 e. The molecule has 1 heterocycles. The standard InChI is InChI=1S/C16H23N5/c1-3-17-16(18-4-2)19-10-15-11-20-21(13-15)12-14-8-6-5-7-9-14/h5-9,11,13H,3-4,10,12H2,1-2H3,(H2,17,18,19). The van der Waals surface area contributed by atoms with E-state index < -0.39 is 0 Å². The van der Waals surface area contributed by atoms with Crippen molar-refractivity contribution in [3.8, 4) is 0 Å². The van der Waals surface area contributed by atoms with Crippen LogP contribution in [-0.2, 0) is 13.1 Å². The first-order chi connectivity index (χ1) is 10.3. The Kier molecular flexibility index (Phi) is 5.82. The van der Waals surface area contributed by atoms with E-state index >= 15 is 0 Å². The van der Waals surface area contributed by atoms with Crippen LogP contribution < -0.4 is 10.6 Å². The summed E-state index contributed by atoms with van der Waals surface area (Å²) < 4.78 is 1.94. The molecule has 2 rings (SSSR count). The van der Waals surface area contributed by atoms with Crippen molar-refractivity contribution in [3.05, 3.63) is 53.9 Å². The zero-order chi connectivity index (χ0) is 14.9. The largest absolute Gasteiger partial charge is 0.357 e. The average Bonchev–Trinajstić information content (AvgIpc) is 2.94. The van der Waals surface area contributed by atoms with Crippen LogP contribution in [0.2, 0.25) is 0 Å². The molecule has 0 aliphatic heterocycles. The van der Waals surface area contributed by atoms with Crippen molar-refractivity contribution in [2.45, 2.75) is 26.9 Å². The van der Waals surface area contributed by atoms with E-state index in [1.807, 2.05) is 35.3 Å². The molecule has 5 heteroatoms. The summed E-state index contributed by atoms with van der Waals surface area (Å²) in [7, 11) is 0. The fraction of sp³-hybridized carbons (Fsp3) is 0.375. The topological polar surface area (TPSA) is 54.2 Å². The molecule has 1 aromatic heterocycles. The molecule has 2 N–H and O–H groups in total. The summed E-state index contributed by atoms with van der Waals surface area (Å²) >= 11 is 0. The maximum atomic E-state index is 4.53. The molecule has 0 saturated carbocycles. The molecule has 0 radical (unpaired) electrons. The van der Waals surface area contributed by atoms with Crippen LogP contribution in [0.4, 0.5) is 0 Å². The van der Waals surface area contributed by atoms with Crippen LogP contribution in [0.25, 0.3) is 0 Å². The normalized spacial score (nSPS) is 10.2. The zero-order valence-corrected chi connectivity index (χ0v) is 12.7. The molecule has 1 aromatic carbocycles. The molecule has 0 spiro atoms. The molecule has 0 fully saturated rings. The Labute approximate surface area is 126 Å². The summed E-state index contributed by atoms with van der Waals surface area (Å²) in [6, 6.07) is 10.3. The van der Waals surface area contributed by atoms with Crippen molar-refractivity contribution in [1.29, 1.82) is 0 Å².